The first kappa shape index (κ1) is 18.6. The van der Waals surface area contributed by atoms with Gasteiger partial charge in [0, 0.05) is 9.99 Å². The number of carbonyl (C=O) groups is 3. The molecule has 0 spiro atoms. The van der Waals surface area contributed by atoms with Crippen molar-refractivity contribution < 1.29 is 24.2 Å². The Morgan fingerprint density at radius 1 is 1.23 bits per heavy atom. The van der Waals surface area contributed by atoms with Crippen molar-refractivity contribution in [2.75, 3.05) is 6.61 Å². The van der Waals surface area contributed by atoms with Gasteiger partial charge in [-0.3, -0.25) is 14.4 Å². The normalized spacial score (nSPS) is 13.2. The van der Waals surface area contributed by atoms with E-state index in [9.17, 15) is 19.5 Å². The Hall–Kier alpha value is -1.44. The Bertz CT molecular complexity index is 538. The first-order chi connectivity index (χ1) is 10.4. The molecule has 0 aliphatic carbocycles. The molecule has 1 aromatic rings. The number of benzene rings is 1. The smallest absolute Gasteiger partial charge is 0.314 e. The summed E-state index contributed by atoms with van der Waals surface area (Å²) in [4.78, 5) is 35.5. The van der Waals surface area contributed by atoms with E-state index in [0.29, 0.717) is 6.42 Å². The SMILES string of the molecule is CCCOC(=O)[C@H](C)C(C(=O)O)C(=O)Cc1ccc(I)cc1. The van der Waals surface area contributed by atoms with E-state index in [1.165, 1.54) is 6.92 Å². The van der Waals surface area contributed by atoms with Crippen LogP contribution in [0.3, 0.4) is 0 Å². The second-order valence-electron chi connectivity index (χ2n) is 5.04. The molecule has 5 nitrogen and oxygen atoms in total. The van der Waals surface area contributed by atoms with Crippen molar-refractivity contribution in [1.82, 2.24) is 0 Å². The van der Waals surface area contributed by atoms with Gasteiger partial charge >= 0.3 is 11.9 Å². The van der Waals surface area contributed by atoms with Gasteiger partial charge in [-0.05, 0) is 46.7 Å². The van der Waals surface area contributed by atoms with Crippen LogP contribution in [0.2, 0.25) is 0 Å². The number of rotatable bonds is 8. The number of carbonyl (C=O) groups excluding carboxylic acids is 2. The van der Waals surface area contributed by atoms with E-state index < -0.39 is 29.6 Å². The molecule has 0 aliphatic rings. The van der Waals surface area contributed by atoms with Crippen molar-refractivity contribution in [3.63, 3.8) is 0 Å². The van der Waals surface area contributed by atoms with Crippen LogP contribution in [0.25, 0.3) is 0 Å². The standard InChI is InChI=1S/C16H19IO5/c1-3-8-22-16(21)10(2)14(15(19)20)13(18)9-11-4-6-12(17)7-5-11/h4-7,10,14H,3,8-9H2,1-2H3,(H,19,20)/t10-,14?/m1/s1. The minimum atomic E-state index is -1.39. The molecule has 2 atom stereocenters. The van der Waals surface area contributed by atoms with Gasteiger partial charge in [-0.1, -0.05) is 26.0 Å². The summed E-state index contributed by atoms with van der Waals surface area (Å²) in [6.07, 6.45) is 0.631. The monoisotopic (exact) mass is 418 g/mol. The van der Waals surface area contributed by atoms with Gasteiger partial charge in [-0.2, -0.15) is 0 Å². The van der Waals surface area contributed by atoms with Crippen LogP contribution < -0.4 is 0 Å². The number of halogens is 1. The number of Topliss-reactive ketones (excluding diaryl/α,β-unsaturated/α-hetero) is 1. The quantitative estimate of drug-likeness (QED) is 0.399. The van der Waals surface area contributed by atoms with Gasteiger partial charge in [0.25, 0.3) is 0 Å². The third kappa shape index (κ3) is 5.40. The van der Waals surface area contributed by atoms with Crippen molar-refractivity contribution in [1.29, 1.82) is 0 Å². The fraction of sp³-hybridized carbons (Fsp3) is 0.438. The third-order valence-corrected chi connectivity index (χ3v) is 3.94. The summed E-state index contributed by atoms with van der Waals surface area (Å²) in [6.45, 7) is 3.48. The highest BCUT2D eigenvalue weighted by atomic mass is 127. The van der Waals surface area contributed by atoms with Crippen LogP contribution in [0.15, 0.2) is 24.3 Å². The largest absolute Gasteiger partial charge is 0.481 e. The topological polar surface area (TPSA) is 80.7 Å². The van der Waals surface area contributed by atoms with Crippen LogP contribution in [0, 0.1) is 15.4 Å². The summed E-state index contributed by atoms with van der Waals surface area (Å²) < 4.78 is 5.97. The number of aliphatic carboxylic acids is 1. The molecule has 1 rings (SSSR count). The lowest BCUT2D eigenvalue weighted by molar-refractivity contribution is -0.160. The highest BCUT2D eigenvalue weighted by Gasteiger charge is 2.36. The molecule has 0 saturated heterocycles. The van der Waals surface area contributed by atoms with Crippen LogP contribution in [-0.2, 0) is 25.5 Å². The highest BCUT2D eigenvalue weighted by molar-refractivity contribution is 14.1. The molecule has 6 heteroatoms. The first-order valence-corrected chi connectivity index (χ1v) is 8.11. The number of esters is 1. The Morgan fingerprint density at radius 2 is 1.82 bits per heavy atom. The van der Waals surface area contributed by atoms with E-state index >= 15 is 0 Å². The maximum absolute atomic E-state index is 12.3. The van der Waals surface area contributed by atoms with Crippen molar-refractivity contribution in [3.05, 3.63) is 33.4 Å². The van der Waals surface area contributed by atoms with E-state index in [1.54, 1.807) is 12.1 Å². The average molecular weight is 418 g/mol. The summed E-state index contributed by atoms with van der Waals surface area (Å²) in [6, 6.07) is 7.24. The molecular weight excluding hydrogens is 399 g/mol. The zero-order chi connectivity index (χ0) is 16.7. The lowest BCUT2D eigenvalue weighted by Gasteiger charge is -2.18. The molecule has 120 valence electrons. The van der Waals surface area contributed by atoms with E-state index in [2.05, 4.69) is 22.6 Å². The summed E-state index contributed by atoms with van der Waals surface area (Å²) in [5.41, 5.74) is 0.728. The number of ketones is 1. The van der Waals surface area contributed by atoms with Crippen molar-refractivity contribution >= 4 is 40.3 Å². The van der Waals surface area contributed by atoms with Gasteiger partial charge in [0.1, 0.15) is 5.92 Å². The number of carboxylic acid groups (broad SMARTS) is 1. The molecule has 0 radical (unpaired) electrons. The Labute approximate surface area is 143 Å². The zero-order valence-corrected chi connectivity index (χ0v) is 14.7. The van der Waals surface area contributed by atoms with Gasteiger partial charge in [0.15, 0.2) is 5.78 Å². The first-order valence-electron chi connectivity index (χ1n) is 7.03. The predicted octanol–water partition coefficient (Wildman–Crippen LogP) is 2.69. The molecule has 1 aromatic carbocycles. The minimum Gasteiger partial charge on any atom is -0.481 e. The number of hydrogen-bond acceptors (Lipinski definition) is 4. The fourth-order valence-corrected chi connectivity index (χ4v) is 2.37. The molecule has 1 unspecified atom stereocenters. The molecule has 0 aliphatic heterocycles. The lowest BCUT2D eigenvalue weighted by atomic mass is 9.87. The average Bonchev–Trinajstić information content (AvgIpc) is 2.46. The zero-order valence-electron chi connectivity index (χ0n) is 12.5. The maximum atomic E-state index is 12.3. The van der Waals surface area contributed by atoms with E-state index in [0.717, 1.165) is 9.13 Å². The molecule has 1 N–H and O–H groups in total. The third-order valence-electron chi connectivity index (χ3n) is 3.22. The van der Waals surface area contributed by atoms with Gasteiger partial charge in [0.2, 0.25) is 0 Å². The molecule has 22 heavy (non-hydrogen) atoms. The predicted molar refractivity (Wildman–Crippen MR) is 89.4 cm³/mol. The molecule has 0 fully saturated rings. The second-order valence-corrected chi connectivity index (χ2v) is 6.29. The summed E-state index contributed by atoms with van der Waals surface area (Å²) >= 11 is 2.15. The molecule has 0 bridgehead atoms. The van der Waals surface area contributed by atoms with E-state index in [-0.39, 0.29) is 13.0 Å². The van der Waals surface area contributed by atoms with Crippen molar-refractivity contribution in [3.8, 4) is 0 Å². The Balaban J connectivity index is 2.81. The molecule has 0 aromatic heterocycles. The van der Waals surface area contributed by atoms with Gasteiger partial charge in [0.05, 0.1) is 12.5 Å². The van der Waals surface area contributed by atoms with Crippen molar-refractivity contribution in [2.45, 2.75) is 26.7 Å². The lowest BCUT2D eigenvalue weighted by Crippen LogP contribution is -2.36. The second kappa shape index (κ2) is 8.87. The van der Waals surface area contributed by atoms with Crippen LogP contribution >= 0.6 is 22.6 Å². The summed E-state index contributed by atoms with van der Waals surface area (Å²) in [5, 5.41) is 9.28. The molecule has 0 saturated carbocycles. The van der Waals surface area contributed by atoms with Crippen molar-refractivity contribution in [2.24, 2.45) is 11.8 Å². The molecule has 0 amide bonds. The van der Waals surface area contributed by atoms with Gasteiger partial charge in [-0.15, -0.1) is 0 Å². The van der Waals surface area contributed by atoms with Gasteiger partial charge in [-0.25, -0.2) is 0 Å². The van der Waals surface area contributed by atoms with Crippen LogP contribution in [0.5, 0.6) is 0 Å². The van der Waals surface area contributed by atoms with Crippen LogP contribution in [-0.4, -0.2) is 29.4 Å². The van der Waals surface area contributed by atoms with Crippen LogP contribution in [0.4, 0.5) is 0 Å². The van der Waals surface area contributed by atoms with Gasteiger partial charge < -0.3 is 9.84 Å². The number of ether oxygens (including phenoxy) is 1. The minimum absolute atomic E-state index is 0.0146. The fourth-order valence-electron chi connectivity index (χ4n) is 2.01. The van der Waals surface area contributed by atoms with Crippen LogP contribution in [0.1, 0.15) is 25.8 Å². The number of carboxylic acids is 1. The molecular formula is C16H19IO5. The molecule has 0 heterocycles. The van der Waals surface area contributed by atoms with E-state index in [4.69, 9.17) is 4.74 Å². The van der Waals surface area contributed by atoms with E-state index in [1.807, 2.05) is 19.1 Å². The maximum Gasteiger partial charge on any atom is 0.314 e. The Kier molecular flexibility index (Phi) is 7.50. The Morgan fingerprint density at radius 3 is 2.32 bits per heavy atom. The summed E-state index contributed by atoms with van der Waals surface area (Å²) in [7, 11) is 0. The summed E-state index contributed by atoms with van der Waals surface area (Å²) in [5.74, 6) is -4.82. The number of hydrogen-bond donors (Lipinski definition) is 1. The highest BCUT2D eigenvalue weighted by Crippen LogP contribution is 2.18.